The van der Waals surface area contributed by atoms with E-state index >= 15 is 0 Å². The summed E-state index contributed by atoms with van der Waals surface area (Å²) in [5.74, 6) is 0.342. The lowest BCUT2D eigenvalue weighted by Gasteiger charge is -2.38. The van der Waals surface area contributed by atoms with E-state index in [0.717, 1.165) is 12.8 Å². The number of benzene rings is 1. The number of hydrogen-bond acceptors (Lipinski definition) is 3. The summed E-state index contributed by atoms with van der Waals surface area (Å²) in [4.78, 5) is 2.21. The molecule has 1 aliphatic rings. The normalized spacial score (nSPS) is 17.9. The van der Waals surface area contributed by atoms with Crippen molar-refractivity contribution in [3.8, 4) is 5.75 Å². The van der Waals surface area contributed by atoms with Crippen molar-refractivity contribution >= 4 is 0 Å². The zero-order chi connectivity index (χ0) is 13.9. The van der Waals surface area contributed by atoms with Crippen LogP contribution in [0, 0.1) is 5.82 Å². The van der Waals surface area contributed by atoms with Gasteiger partial charge in [-0.2, -0.15) is 0 Å². The second-order valence-corrected chi connectivity index (χ2v) is 5.45. The molecule has 0 radical (unpaired) electrons. The van der Waals surface area contributed by atoms with Crippen LogP contribution in [0.3, 0.4) is 0 Å². The first kappa shape index (κ1) is 14.3. The van der Waals surface area contributed by atoms with E-state index in [1.165, 1.54) is 18.9 Å². The number of hydrogen-bond donors (Lipinski definition) is 1. The Balaban J connectivity index is 2.12. The smallest absolute Gasteiger partial charge is 0.131 e. The van der Waals surface area contributed by atoms with Gasteiger partial charge in [0, 0.05) is 30.3 Å². The molecule has 0 spiro atoms. The van der Waals surface area contributed by atoms with Crippen LogP contribution in [0.5, 0.6) is 5.75 Å². The molecule has 3 nitrogen and oxygen atoms in total. The minimum atomic E-state index is -0.212. The van der Waals surface area contributed by atoms with E-state index in [2.05, 4.69) is 4.90 Å². The standard InChI is InChI=1S/C15H23FN2O/c1-18(15(11-17)7-3-4-8-15)10-12-5-6-13(19-2)9-14(12)16/h5-6,9H,3-4,7-8,10-11,17H2,1-2H3. The molecule has 106 valence electrons. The van der Waals surface area contributed by atoms with Gasteiger partial charge in [-0.1, -0.05) is 18.9 Å². The van der Waals surface area contributed by atoms with Crippen LogP contribution in [0.2, 0.25) is 0 Å². The third kappa shape index (κ3) is 2.90. The first-order valence-electron chi connectivity index (χ1n) is 6.85. The molecule has 0 amide bonds. The molecule has 1 saturated carbocycles. The molecule has 0 unspecified atom stereocenters. The number of likely N-dealkylation sites (N-methyl/N-ethyl adjacent to an activating group) is 1. The molecule has 4 heteroatoms. The minimum Gasteiger partial charge on any atom is -0.497 e. The maximum atomic E-state index is 14.0. The van der Waals surface area contributed by atoms with E-state index in [9.17, 15) is 4.39 Å². The van der Waals surface area contributed by atoms with Gasteiger partial charge in [-0.25, -0.2) is 4.39 Å². The molecule has 0 saturated heterocycles. The fraction of sp³-hybridized carbons (Fsp3) is 0.600. The van der Waals surface area contributed by atoms with E-state index in [-0.39, 0.29) is 11.4 Å². The summed E-state index contributed by atoms with van der Waals surface area (Å²) in [6.45, 7) is 1.23. The molecule has 0 aliphatic heterocycles. The summed E-state index contributed by atoms with van der Waals surface area (Å²) in [5.41, 5.74) is 6.70. The summed E-state index contributed by atoms with van der Waals surface area (Å²) < 4.78 is 19.0. The van der Waals surface area contributed by atoms with Gasteiger partial charge in [0.1, 0.15) is 11.6 Å². The fourth-order valence-corrected chi connectivity index (χ4v) is 2.98. The van der Waals surface area contributed by atoms with Gasteiger partial charge in [-0.05, 0) is 26.0 Å². The summed E-state index contributed by atoms with van der Waals surface area (Å²) in [7, 11) is 3.59. The SMILES string of the molecule is COc1ccc(CN(C)C2(CN)CCCC2)c(F)c1. The molecule has 0 bridgehead atoms. The van der Waals surface area contributed by atoms with Crippen LogP contribution < -0.4 is 10.5 Å². The molecular weight excluding hydrogens is 243 g/mol. The number of nitrogens with zero attached hydrogens (tertiary/aromatic N) is 1. The maximum Gasteiger partial charge on any atom is 0.131 e. The fourth-order valence-electron chi connectivity index (χ4n) is 2.98. The van der Waals surface area contributed by atoms with Gasteiger partial charge in [0.25, 0.3) is 0 Å². The number of halogens is 1. The van der Waals surface area contributed by atoms with Gasteiger partial charge in [0.2, 0.25) is 0 Å². The van der Waals surface area contributed by atoms with E-state index in [1.54, 1.807) is 19.2 Å². The predicted octanol–water partition coefficient (Wildman–Crippen LogP) is 2.54. The highest BCUT2D eigenvalue weighted by molar-refractivity contribution is 5.29. The Morgan fingerprint density at radius 1 is 1.37 bits per heavy atom. The lowest BCUT2D eigenvalue weighted by Crippen LogP contribution is -2.49. The van der Waals surface area contributed by atoms with Gasteiger partial charge in [-0.15, -0.1) is 0 Å². The van der Waals surface area contributed by atoms with Crippen molar-refractivity contribution in [1.82, 2.24) is 4.90 Å². The Morgan fingerprint density at radius 3 is 2.58 bits per heavy atom. The molecular formula is C15H23FN2O. The second-order valence-electron chi connectivity index (χ2n) is 5.45. The molecule has 0 aromatic heterocycles. The van der Waals surface area contributed by atoms with Crippen LogP contribution in [0.1, 0.15) is 31.2 Å². The molecule has 19 heavy (non-hydrogen) atoms. The molecule has 1 aliphatic carbocycles. The van der Waals surface area contributed by atoms with Crippen molar-refractivity contribution in [1.29, 1.82) is 0 Å². The third-order valence-corrected chi connectivity index (χ3v) is 4.39. The Bertz CT molecular complexity index is 430. The molecule has 0 atom stereocenters. The van der Waals surface area contributed by atoms with Crippen LogP contribution in [-0.4, -0.2) is 31.1 Å². The Labute approximate surface area is 114 Å². The van der Waals surface area contributed by atoms with Gasteiger partial charge in [0.05, 0.1) is 7.11 Å². The van der Waals surface area contributed by atoms with Crippen molar-refractivity contribution in [2.75, 3.05) is 20.7 Å². The highest BCUT2D eigenvalue weighted by atomic mass is 19.1. The molecule has 0 heterocycles. The van der Waals surface area contributed by atoms with Crippen LogP contribution >= 0.6 is 0 Å². The van der Waals surface area contributed by atoms with Crippen LogP contribution in [-0.2, 0) is 6.54 Å². The Kier molecular flexibility index (Phi) is 4.42. The van der Waals surface area contributed by atoms with Crippen molar-refractivity contribution in [2.24, 2.45) is 5.73 Å². The second kappa shape index (κ2) is 5.88. The zero-order valence-corrected chi connectivity index (χ0v) is 11.8. The highest BCUT2D eigenvalue weighted by Gasteiger charge is 2.36. The predicted molar refractivity (Wildman–Crippen MR) is 74.7 cm³/mol. The average molecular weight is 266 g/mol. The van der Waals surface area contributed by atoms with Crippen molar-refractivity contribution in [3.63, 3.8) is 0 Å². The minimum absolute atomic E-state index is 0.0480. The van der Waals surface area contributed by atoms with Gasteiger partial charge >= 0.3 is 0 Å². The Morgan fingerprint density at radius 2 is 2.05 bits per heavy atom. The number of ether oxygens (including phenoxy) is 1. The number of nitrogens with two attached hydrogens (primary N) is 1. The van der Waals surface area contributed by atoms with Gasteiger partial charge in [0.15, 0.2) is 0 Å². The summed E-state index contributed by atoms with van der Waals surface area (Å²) in [6.07, 6.45) is 4.65. The van der Waals surface area contributed by atoms with E-state index in [0.29, 0.717) is 24.4 Å². The topological polar surface area (TPSA) is 38.5 Å². The lowest BCUT2D eigenvalue weighted by molar-refractivity contribution is 0.122. The number of rotatable bonds is 5. The largest absolute Gasteiger partial charge is 0.497 e. The van der Waals surface area contributed by atoms with Crippen LogP contribution in [0.15, 0.2) is 18.2 Å². The number of methoxy groups -OCH3 is 1. The molecule has 1 aromatic rings. The molecule has 2 rings (SSSR count). The average Bonchev–Trinajstić information content (AvgIpc) is 2.91. The van der Waals surface area contributed by atoms with Gasteiger partial charge in [-0.3, -0.25) is 4.90 Å². The maximum absolute atomic E-state index is 14.0. The quantitative estimate of drug-likeness (QED) is 0.890. The monoisotopic (exact) mass is 266 g/mol. The highest BCUT2D eigenvalue weighted by Crippen LogP contribution is 2.34. The van der Waals surface area contributed by atoms with E-state index in [4.69, 9.17) is 10.5 Å². The first-order chi connectivity index (χ1) is 9.11. The first-order valence-corrected chi connectivity index (χ1v) is 6.85. The molecule has 2 N–H and O–H groups in total. The van der Waals surface area contributed by atoms with E-state index in [1.807, 2.05) is 7.05 Å². The molecule has 1 aromatic carbocycles. The lowest BCUT2D eigenvalue weighted by atomic mass is 9.95. The van der Waals surface area contributed by atoms with Crippen molar-refractivity contribution in [2.45, 2.75) is 37.8 Å². The van der Waals surface area contributed by atoms with Gasteiger partial charge < -0.3 is 10.5 Å². The summed E-state index contributed by atoms with van der Waals surface area (Å²) in [6, 6.07) is 5.03. The van der Waals surface area contributed by atoms with Crippen LogP contribution in [0.25, 0.3) is 0 Å². The van der Waals surface area contributed by atoms with Crippen LogP contribution in [0.4, 0.5) is 4.39 Å². The summed E-state index contributed by atoms with van der Waals surface area (Å²) >= 11 is 0. The van der Waals surface area contributed by atoms with Crippen molar-refractivity contribution < 1.29 is 9.13 Å². The van der Waals surface area contributed by atoms with E-state index < -0.39 is 0 Å². The molecule has 1 fully saturated rings. The third-order valence-electron chi connectivity index (χ3n) is 4.39. The summed E-state index contributed by atoms with van der Waals surface area (Å²) in [5, 5.41) is 0. The zero-order valence-electron chi connectivity index (χ0n) is 11.8. The van der Waals surface area contributed by atoms with Crippen molar-refractivity contribution in [3.05, 3.63) is 29.6 Å². The Hall–Kier alpha value is -1.13.